The number of methoxy groups -OCH3 is 1. The van der Waals surface area contributed by atoms with Crippen LogP contribution in [-0.4, -0.2) is 46.5 Å². The summed E-state index contributed by atoms with van der Waals surface area (Å²) in [5.74, 6) is 1.35. The molecule has 1 aromatic carbocycles. The van der Waals surface area contributed by atoms with Gasteiger partial charge in [0.25, 0.3) is 5.22 Å². The highest BCUT2D eigenvalue weighted by Gasteiger charge is 2.25. The lowest BCUT2D eigenvalue weighted by Gasteiger charge is -2.18. The van der Waals surface area contributed by atoms with E-state index in [1.165, 1.54) is 11.8 Å². The number of ether oxygens (including phenoxy) is 1. The van der Waals surface area contributed by atoms with Gasteiger partial charge in [-0.05, 0) is 44.0 Å². The number of amides is 1. The minimum Gasteiger partial charge on any atom is -0.497 e. The van der Waals surface area contributed by atoms with E-state index in [1.807, 2.05) is 36.1 Å². The van der Waals surface area contributed by atoms with Gasteiger partial charge in [-0.2, -0.15) is 0 Å². The second-order valence-electron chi connectivity index (χ2n) is 5.39. The van der Waals surface area contributed by atoms with Crippen LogP contribution in [0.3, 0.4) is 0 Å². The minimum absolute atomic E-state index is 0.136. The number of carbonyl (C=O) groups excluding carboxylic acids is 1. The molecule has 2 aromatic rings. The Morgan fingerprint density at radius 3 is 2.61 bits per heavy atom. The van der Waals surface area contributed by atoms with Gasteiger partial charge in [0, 0.05) is 18.7 Å². The summed E-state index contributed by atoms with van der Waals surface area (Å²) in [4.78, 5) is 14.2. The van der Waals surface area contributed by atoms with Crippen molar-refractivity contribution >= 4 is 17.7 Å². The van der Waals surface area contributed by atoms with Crippen molar-refractivity contribution < 1.29 is 13.9 Å². The Hall–Kier alpha value is -2.02. The van der Waals surface area contributed by atoms with Gasteiger partial charge in [-0.3, -0.25) is 4.79 Å². The number of hydrogen-bond acceptors (Lipinski definition) is 6. The Bertz CT molecular complexity index is 665. The fraction of sp³-hybridized carbons (Fsp3) is 0.438. The van der Waals surface area contributed by atoms with Gasteiger partial charge < -0.3 is 14.1 Å². The Labute approximate surface area is 139 Å². The average Bonchev–Trinajstić information content (AvgIpc) is 3.26. The smallest absolute Gasteiger partial charge is 0.277 e. The molecule has 0 saturated carbocycles. The van der Waals surface area contributed by atoms with Crippen molar-refractivity contribution in [3.63, 3.8) is 0 Å². The Kier molecular flexibility index (Phi) is 4.85. The Balaban J connectivity index is 1.65. The van der Waals surface area contributed by atoms with Crippen molar-refractivity contribution in [3.8, 4) is 17.2 Å². The van der Waals surface area contributed by atoms with E-state index in [0.29, 0.717) is 11.1 Å². The lowest BCUT2D eigenvalue weighted by molar-refractivity contribution is -0.129. The zero-order valence-electron chi connectivity index (χ0n) is 13.2. The van der Waals surface area contributed by atoms with Crippen LogP contribution in [0.1, 0.15) is 19.8 Å². The fourth-order valence-electron chi connectivity index (χ4n) is 2.50. The van der Waals surface area contributed by atoms with Gasteiger partial charge >= 0.3 is 0 Å². The van der Waals surface area contributed by atoms with Crippen LogP contribution >= 0.6 is 11.8 Å². The highest BCUT2D eigenvalue weighted by molar-refractivity contribution is 8.00. The molecular formula is C16H19N3O3S. The third kappa shape index (κ3) is 3.67. The van der Waals surface area contributed by atoms with Crippen LogP contribution in [0.2, 0.25) is 0 Å². The molecule has 1 fully saturated rings. The minimum atomic E-state index is -0.225. The number of nitrogens with zero attached hydrogens (tertiary/aromatic N) is 3. The van der Waals surface area contributed by atoms with E-state index in [9.17, 15) is 4.79 Å². The van der Waals surface area contributed by atoms with Gasteiger partial charge in [0.05, 0.1) is 12.4 Å². The first kappa shape index (κ1) is 15.9. The predicted octanol–water partition coefficient (Wildman–Crippen LogP) is 2.85. The van der Waals surface area contributed by atoms with Gasteiger partial charge in [-0.15, -0.1) is 10.2 Å². The Morgan fingerprint density at radius 2 is 1.96 bits per heavy atom. The second kappa shape index (κ2) is 7.04. The summed E-state index contributed by atoms with van der Waals surface area (Å²) in [5.41, 5.74) is 0.823. The van der Waals surface area contributed by atoms with E-state index in [0.717, 1.165) is 37.2 Å². The number of aromatic nitrogens is 2. The van der Waals surface area contributed by atoms with Crippen molar-refractivity contribution in [1.82, 2.24) is 15.1 Å². The van der Waals surface area contributed by atoms with Crippen molar-refractivity contribution in [2.75, 3.05) is 20.2 Å². The summed E-state index contributed by atoms with van der Waals surface area (Å²) in [7, 11) is 1.62. The lowest BCUT2D eigenvalue weighted by atomic mass is 10.2. The van der Waals surface area contributed by atoms with Crippen LogP contribution in [0.5, 0.6) is 5.75 Å². The zero-order valence-corrected chi connectivity index (χ0v) is 14.0. The van der Waals surface area contributed by atoms with Gasteiger partial charge in [-0.1, -0.05) is 11.8 Å². The van der Waals surface area contributed by atoms with Crippen molar-refractivity contribution in [1.29, 1.82) is 0 Å². The molecular weight excluding hydrogens is 314 g/mol. The molecule has 0 bridgehead atoms. The lowest BCUT2D eigenvalue weighted by Crippen LogP contribution is -2.34. The molecule has 1 saturated heterocycles. The van der Waals surface area contributed by atoms with Gasteiger partial charge in [0.15, 0.2) is 0 Å². The summed E-state index contributed by atoms with van der Waals surface area (Å²) in [6.07, 6.45) is 2.18. The van der Waals surface area contributed by atoms with Crippen molar-refractivity contribution in [2.45, 2.75) is 30.2 Å². The molecule has 0 N–H and O–H groups in total. The fourth-order valence-corrected chi connectivity index (χ4v) is 3.27. The molecule has 2 heterocycles. The van der Waals surface area contributed by atoms with Crippen molar-refractivity contribution in [3.05, 3.63) is 24.3 Å². The third-order valence-electron chi connectivity index (χ3n) is 3.79. The average molecular weight is 333 g/mol. The molecule has 3 rings (SSSR count). The monoisotopic (exact) mass is 333 g/mol. The summed E-state index contributed by atoms with van der Waals surface area (Å²) < 4.78 is 10.8. The van der Waals surface area contributed by atoms with Crippen LogP contribution in [0.4, 0.5) is 0 Å². The molecule has 0 radical (unpaired) electrons. The maximum absolute atomic E-state index is 12.3. The first-order valence-electron chi connectivity index (χ1n) is 7.61. The highest BCUT2D eigenvalue weighted by atomic mass is 32.2. The SMILES string of the molecule is COc1ccc(-c2nnc(S[C@H](C)C(=O)N3CCCC3)o2)cc1. The second-order valence-corrected chi connectivity index (χ2v) is 6.69. The number of likely N-dealkylation sites (tertiary alicyclic amines) is 1. The quantitative estimate of drug-likeness (QED) is 0.784. The standard InChI is InChI=1S/C16H19N3O3S/c1-11(15(20)19-9-3-4-10-19)23-16-18-17-14(22-16)12-5-7-13(21-2)8-6-12/h5-8,11H,3-4,9-10H2,1-2H3/t11-/m1/s1. The Morgan fingerprint density at radius 1 is 1.26 bits per heavy atom. The highest BCUT2D eigenvalue weighted by Crippen LogP contribution is 2.28. The molecule has 122 valence electrons. The molecule has 1 aromatic heterocycles. The zero-order chi connectivity index (χ0) is 16.2. The summed E-state index contributed by atoms with van der Waals surface area (Å²) in [5, 5.41) is 8.27. The molecule has 1 aliphatic rings. The molecule has 0 unspecified atom stereocenters. The molecule has 7 heteroatoms. The number of hydrogen-bond donors (Lipinski definition) is 0. The van der Waals surface area contributed by atoms with Gasteiger partial charge in [-0.25, -0.2) is 0 Å². The third-order valence-corrected chi connectivity index (χ3v) is 4.71. The maximum atomic E-state index is 12.3. The number of rotatable bonds is 5. The molecule has 1 atom stereocenters. The maximum Gasteiger partial charge on any atom is 0.277 e. The van der Waals surface area contributed by atoms with Gasteiger partial charge in [0.1, 0.15) is 5.75 Å². The van der Waals surface area contributed by atoms with E-state index in [-0.39, 0.29) is 11.2 Å². The van der Waals surface area contributed by atoms with Gasteiger partial charge in [0.2, 0.25) is 11.8 Å². The van der Waals surface area contributed by atoms with E-state index in [2.05, 4.69) is 10.2 Å². The number of carbonyl (C=O) groups is 1. The largest absolute Gasteiger partial charge is 0.497 e. The molecule has 1 amide bonds. The number of thioether (sulfide) groups is 1. The molecule has 6 nitrogen and oxygen atoms in total. The van der Waals surface area contributed by atoms with E-state index in [4.69, 9.17) is 9.15 Å². The van der Waals surface area contributed by atoms with Crippen LogP contribution in [0.25, 0.3) is 11.5 Å². The summed E-state index contributed by atoms with van der Waals surface area (Å²) in [6.45, 7) is 3.58. The number of benzene rings is 1. The summed E-state index contributed by atoms with van der Waals surface area (Å²) in [6, 6.07) is 7.40. The van der Waals surface area contributed by atoms with Crippen LogP contribution < -0.4 is 4.74 Å². The van der Waals surface area contributed by atoms with E-state index in [1.54, 1.807) is 7.11 Å². The normalized spacial score (nSPS) is 15.7. The van der Waals surface area contributed by atoms with E-state index >= 15 is 0 Å². The van der Waals surface area contributed by atoms with Crippen LogP contribution in [-0.2, 0) is 4.79 Å². The molecule has 0 spiro atoms. The predicted molar refractivity (Wildman–Crippen MR) is 87.4 cm³/mol. The molecule has 0 aliphatic carbocycles. The van der Waals surface area contributed by atoms with Crippen LogP contribution in [0, 0.1) is 0 Å². The van der Waals surface area contributed by atoms with Crippen LogP contribution in [0.15, 0.2) is 33.9 Å². The first-order valence-corrected chi connectivity index (χ1v) is 8.48. The van der Waals surface area contributed by atoms with Crippen molar-refractivity contribution in [2.24, 2.45) is 0 Å². The summed E-state index contributed by atoms with van der Waals surface area (Å²) >= 11 is 1.31. The molecule has 23 heavy (non-hydrogen) atoms. The van der Waals surface area contributed by atoms with E-state index < -0.39 is 0 Å². The first-order chi connectivity index (χ1) is 11.2. The topological polar surface area (TPSA) is 68.5 Å². The molecule has 1 aliphatic heterocycles.